The van der Waals surface area contributed by atoms with Gasteiger partial charge in [-0.25, -0.2) is 9.97 Å². The molecule has 0 spiro atoms. The van der Waals surface area contributed by atoms with E-state index < -0.39 is 0 Å². The van der Waals surface area contributed by atoms with Crippen LogP contribution in [0.4, 0.5) is 0 Å². The van der Waals surface area contributed by atoms with Gasteiger partial charge in [0.15, 0.2) is 0 Å². The molecule has 6 aromatic heterocycles. The third-order valence-corrected chi connectivity index (χ3v) is 12.7. The number of nitrogens with zero attached hydrogens (tertiary/aromatic N) is 6. The van der Waals surface area contributed by atoms with Gasteiger partial charge in [-0.1, -0.05) is 83.9 Å². The van der Waals surface area contributed by atoms with E-state index in [1.54, 1.807) is 0 Å². The van der Waals surface area contributed by atoms with Gasteiger partial charge in [0.05, 0.1) is 55.2 Å². The maximum Gasteiger partial charge on any atom is 0.220 e. The van der Waals surface area contributed by atoms with Gasteiger partial charge < -0.3 is 0 Å². The van der Waals surface area contributed by atoms with Gasteiger partial charge in [0.2, 0.25) is 11.6 Å². The van der Waals surface area contributed by atoms with Gasteiger partial charge in [-0.3, -0.25) is 17.6 Å². The van der Waals surface area contributed by atoms with Crippen LogP contribution >= 0.6 is 0 Å². The second kappa shape index (κ2) is 10.0. The van der Waals surface area contributed by atoms with Gasteiger partial charge in [-0.2, -0.15) is 0 Å². The van der Waals surface area contributed by atoms with Gasteiger partial charge in [0.25, 0.3) is 0 Å². The molecule has 0 aliphatic heterocycles. The average molecular weight is 721 g/mol. The first-order chi connectivity index (χ1) is 27.3. The lowest BCUT2D eigenvalue weighted by Crippen LogP contribution is -1.91. The molecular weight excluding hydrogens is 685 g/mol. The summed E-state index contributed by atoms with van der Waals surface area (Å²) in [5.74, 6) is 1.88. The number of para-hydroxylation sites is 4. The van der Waals surface area contributed by atoms with Crippen LogP contribution in [0.15, 0.2) is 109 Å². The Balaban J connectivity index is 1.31. The van der Waals surface area contributed by atoms with Crippen LogP contribution in [0, 0.1) is 41.5 Å². The highest BCUT2D eigenvalue weighted by atomic mass is 15.2. The zero-order valence-electron chi connectivity index (χ0n) is 32.1. The topological polar surface area (TPSA) is 43.4 Å². The van der Waals surface area contributed by atoms with Crippen LogP contribution in [-0.2, 0) is 0 Å². The zero-order valence-corrected chi connectivity index (χ0v) is 32.1. The van der Waals surface area contributed by atoms with Gasteiger partial charge in [-0.15, -0.1) is 0 Å². The minimum Gasteiger partial charge on any atom is -0.277 e. The summed E-state index contributed by atoms with van der Waals surface area (Å²) < 4.78 is 9.75. The third-order valence-electron chi connectivity index (χ3n) is 12.7. The van der Waals surface area contributed by atoms with Crippen LogP contribution in [0.1, 0.15) is 33.4 Å². The highest BCUT2D eigenvalue weighted by molar-refractivity contribution is 6.37. The Hall–Kier alpha value is -6.92. The van der Waals surface area contributed by atoms with E-state index >= 15 is 0 Å². The fourth-order valence-corrected chi connectivity index (χ4v) is 10.9. The molecule has 0 N–H and O–H groups in total. The average Bonchev–Trinajstić information content (AvgIpc) is 3.99. The van der Waals surface area contributed by atoms with E-state index in [9.17, 15) is 0 Å². The standard InChI is InChI=1S/C50H36N6/c1-25-19-27(3)41(28(4)20-25)31-15-17-33-39(23-31)55-47-43(33)45-48-44(46(47)53-37-13-9-7-11-35(37)51-49(53)55)34-18-16-32(42-29(5)21-26(2)22-30(42)6)24-40(34)56(48)50-52-36-12-8-10-14-38(36)54(45)50/h7-24H,1-6H3. The molecule has 13 rings (SSSR count). The van der Waals surface area contributed by atoms with Crippen molar-refractivity contribution in [2.45, 2.75) is 41.5 Å². The Kier molecular flexibility index (Phi) is 5.45. The van der Waals surface area contributed by atoms with E-state index in [2.05, 4.69) is 168 Å². The van der Waals surface area contributed by atoms with Crippen LogP contribution in [0.2, 0.25) is 0 Å². The molecule has 0 atom stereocenters. The zero-order chi connectivity index (χ0) is 37.5. The summed E-state index contributed by atoms with van der Waals surface area (Å²) in [4.78, 5) is 10.8. The monoisotopic (exact) mass is 720 g/mol. The van der Waals surface area contributed by atoms with Crippen molar-refractivity contribution in [1.29, 1.82) is 0 Å². The lowest BCUT2D eigenvalue weighted by Gasteiger charge is -2.12. The summed E-state index contributed by atoms with van der Waals surface area (Å²) in [6.07, 6.45) is 0. The number of hydrogen-bond donors (Lipinski definition) is 0. The number of rotatable bonds is 2. The summed E-state index contributed by atoms with van der Waals surface area (Å²) in [5, 5.41) is 4.91. The molecule has 0 fully saturated rings. The first-order valence-corrected chi connectivity index (χ1v) is 19.5. The molecule has 6 heteroatoms. The van der Waals surface area contributed by atoms with Gasteiger partial charge in [0.1, 0.15) is 0 Å². The molecule has 6 nitrogen and oxygen atoms in total. The molecule has 0 saturated carbocycles. The van der Waals surface area contributed by atoms with Crippen LogP contribution in [0.5, 0.6) is 0 Å². The molecule has 56 heavy (non-hydrogen) atoms. The lowest BCUT2D eigenvalue weighted by molar-refractivity contribution is 1.21. The van der Waals surface area contributed by atoms with E-state index in [0.717, 1.165) is 44.7 Å². The number of imidazole rings is 4. The van der Waals surface area contributed by atoms with Crippen molar-refractivity contribution in [2.24, 2.45) is 0 Å². The van der Waals surface area contributed by atoms with Crippen molar-refractivity contribution in [3.8, 4) is 22.3 Å². The smallest absolute Gasteiger partial charge is 0.220 e. The molecule has 0 unspecified atom stereocenters. The minimum atomic E-state index is 0.939. The molecular formula is C50H36N6. The largest absolute Gasteiger partial charge is 0.277 e. The summed E-state index contributed by atoms with van der Waals surface area (Å²) in [5.41, 5.74) is 24.1. The van der Waals surface area contributed by atoms with E-state index in [0.29, 0.717) is 0 Å². The minimum absolute atomic E-state index is 0.939. The van der Waals surface area contributed by atoms with Crippen LogP contribution in [-0.4, -0.2) is 27.6 Å². The molecule has 0 amide bonds. The number of aromatic nitrogens is 6. The SMILES string of the molecule is Cc1cc(C)c(-c2ccc3c4c5c6c(c7ccc(-c8c(C)cc(C)cc8C)cc7n6c6nc7ccccc7n56)c5c4n(c3c2)c2nc3ccccc3n52)c(C)c1. The molecule has 266 valence electrons. The van der Waals surface area contributed by atoms with E-state index in [-0.39, 0.29) is 0 Å². The first-order valence-electron chi connectivity index (χ1n) is 19.5. The Morgan fingerprint density at radius 3 is 1.12 bits per heavy atom. The van der Waals surface area contributed by atoms with E-state index in [1.807, 2.05) is 0 Å². The predicted molar refractivity (Wildman–Crippen MR) is 233 cm³/mol. The van der Waals surface area contributed by atoms with E-state index in [1.165, 1.54) is 99.2 Å². The number of fused-ring (bicyclic) bond motifs is 18. The van der Waals surface area contributed by atoms with Gasteiger partial charge >= 0.3 is 0 Å². The number of hydrogen-bond acceptors (Lipinski definition) is 2. The van der Waals surface area contributed by atoms with Crippen LogP contribution in [0.3, 0.4) is 0 Å². The fourth-order valence-electron chi connectivity index (χ4n) is 10.9. The number of benzene rings is 7. The van der Waals surface area contributed by atoms with E-state index in [4.69, 9.17) is 9.97 Å². The Bertz CT molecular complexity index is 3580. The second-order valence-electron chi connectivity index (χ2n) is 16.3. The quantitative estimate of drug-likeness (QED) is 0.178. The summed E-state index contributed by atoms with van der Waals surface area (Å²) in [6, 6.07) is 40.5. The predicted octanol–water partition coefficient (Wildman–Crippen LogP) is 12.5. The van der Waals surface area contributed by atoms with Crippen LogP contribution < -0.4 is 0 Å². The van der Waals surface area contributed by atoms with Crippen LogP contribution in [0.25, 0.3) is 111 Å². The molecule has 0 bridgehead atoms. The third kappa shape index (κ3) is 3.50. The Morgan fingerprint density at radius 1 is 0.375 bits per heavy atom. The van der Waals surface area contributed by atoms with Gasteiger partial charge in [-0.05, 0) is 122 Å². The Labute approximate surface area is 321 Å². The first kappa shape index (κ1) is 30.4. The maximum atomic E-state index is 5.41. The highest BCUT2D eigenvalue weighted by Gasteiger charge is 2.32. The fraction of sp³-hybridized carbons (Fsp3) is 0.120. The summed E-state index contributed by atoms with van der Waals surface area (Å²) >= 11 is 0. The van der Waals surface area contributed by atoms with Crippen molar-refractivity contribution in [2.75, 3.05) is 0 Å². The summed E-state index contributed by atoms with van der Waals surface area (Å²) in [7, 11) is 0. The van der Waals surface area contributed by atoms with Crippen molar-refractivity contribution in [1.82, 2.24) is 27.6 Å². The molecule has 7 aromatic carbocycles. The molecule has 0 aliphatic carbocycles. The van der Waals surface area contributed by atoms with Crippen molar-refractivity contribution in [3.05, 3.63) is 143 Å². The second-order valence-corrected chi connectivity index (χ2v) is 16.3. The number of aryl methyl sites for hydroxylation is 6. The Morgan fingerprint density at radius 2 is 0.732 bits per heavy atom. The molecule has 0 aliphatic rings. The molecule has 0 radical (unpaired) electrons. The normalized spacial score (nSPS) is 12.8. The molecule has 6 heterocycles. The molecule has 0 saturated heterocycles. The van der Waals surface area contributed by atoms with Gasteiger partial charge in [0, 0.05) is 21.5 Å². The van der Waals surface area contributed by atoms with Crippen molar-refractivity contribution in [3.63, 3.8) is 0 Å². The van der Waals surface area contributed by atoms with Crippen molar-refractivity contribution < 1.29 is 0 Å². The lowest BCUT2D eigenvalue weighted by atomic mass is 9.93. The molecule has 13 aromatic rings. The maximum absolute atomic E-state index is 5.41. The summed E-state index contributed by atoms with van der Waals surface area (Å²) in [6.45, 7) is 13.3. The van der Waals surface area contributed by atoms with Crippen molar-refractivity contribution >= 4 is 88.3 Å². The highest BCUT2D eigenvalue weighted by Crippen LogP contribution is 2.50.